The van der Waals surface area contributed by atoms with Gasteiger partial charge in [-0.2, -0.15) is 0 Å². The average Bonchev–Trinajstić information content (AvgIpc) is 2.89. The van der Waals surface area contributed by atoms with Gasteiger partial charge in [-0.15, -0.1) is 0 Å². The molecule has 20 heavy (non-hydrogen) atoms. The van der Waals surface area contributed by atoms with Crippen LogP contribution in [0.3, 0.4) is 0 Å². The van der Waals surface area contributed by atoms with E-state index in [2.05, 4.69) is 38.4 Å². The summed E-state index contributed by atoms with van der Waals surface area (Å²) < 4.78 is 0. The smallest absolute Gasteiger partial charge is 0.148 e. The normalized spacial score (nSPS) is 13.2. The van der Waals surface area contributed by atoms with Crippen LogP contribution in [-0.4, -0.2) is 28.8 Å². The third-order valence-corrected chi connectivity index (χ3v) is 3.33. The number of nitrogens with zero attached hydrogens (tertiary/aromatic N) is 3. The first-order chi connectivity index (χ1) is 9.74. The number of fused-ring (bicyclic) bond motifs is 1. The third-order valence-electron chi connectivity index (χ3n) is 3.33. The van der Waals surface area contributed by atoms with E-state index in [1.807, 2.05) is 12.1 Å². The molecular formula is C15H16N4O. The molecule has 1 aromatic carbocycles. The Morgan fingerprint density at radius 1 is 1.35 bits per heavy atom. The van der Waals surface area contributed by atoms with Crippen LogP contribution in [0.5, 0.6) is 0 Å². The Bertz CT molecular complexity index is 641. The molecule has 0 radical (unpaired) electrons. The lowest BCUT2D eigenvalue weighted by atomic mass is 10.2. The number of hydrogen-bond acceptors (Lipinski definition) is 5. The van der Waals surface area contributed by atoms with Crippen LogP contribution in [0.1, 0.15) is 12.5 Å². The van der Waals surface area contributed by atoms with Crippen LogP contribution < -0.4 is 10.2 Å². The number of nitrogens with one attached hydrogen (secondary N) is 1. The van der Waals surface area contributed by atoms with Gasteiger partial charge in [0.1, 0.15) is 23.7 Å². The zero-order chi connectivity index (χ0) is 13.9. The molecule has 102 valence electrons. The van der Waals surface area contributed by atoms with E-state index in [-0.39, 0.29) is 12.3 Å². The fourth-order valence-electron chi connectivity index (χ4n) is 2.38. The third kappa shape index (κ3) is 2.47. The number of para-hydroxylation sites is 1. The van der Waals surface area contributed by atoms with E-state index in [1.54, 1.807) is 6.92 Å². The minimum atomic E-state index is 0.0803. The van der Waals surface area contributed by atoms with E-state index >= 15 is 0 Å². The molecule has 1 aliphatic rings. The molecule has 0 atom stereocenters. The quantitative estimate of drug-likeness (QED) is 0.921. The van der Waals surface area contributed by atoms with Gasteiger partial charge in [0.15, 0.2) is 0 Å². The van der Waals surface area contributed by atoms with E-state index < -0.39 is 0 Å². The summed E-state index contributed by atoms with van der Waals surface area (Å²) in [5, 5.41) is 3.00. The van der Waals surface area contributed by atoms with E-state index in [9.17, 15) is 4.79 Å². The molecule has 5 nitrogen and oxygen atoms in total. The fraction of sp³-hybridized carbons (Fsp3) is 0.267. The standard InChI is InChI=1S/C15H16N4O/c1-11(20)9-16-14-8-15(18-10-17-14)19-7-6-12-4-2-3-5-13(12)19/h2-5,8,10H,6-7,9H2,1H3,(H,16,17,18). The number of anilines is 3. The molecule has 0 aliphatic carbocycles. The largest absolute Gasteiger partial charge is 0.363 e. The van der Waals surface area contributed by atoms with Gasteiger partial charge in [0.05, 0.1) is 6.54 Å². The summed E-state index contributed by atoms with van der Waals surface area (Å²) in [5.74, 6) is 1.61. The Balaban J connectivity index is 1.85. The molecule has 0 fully saturated rings. The minimum absolute atomic E-state index is 0.0803. The van der Waals surface area contributed by atoms with Gasteiger partial charge in [0.25, 0.3) is 0 Å². The number of hydrogen-bond donors (Lipinski definition) is 1. The van der Waals surface area contributed by atoms with Crippen molar-refractivity contribution in [3.05, 3.63) is 42.2 Å². The number of Topliss-reactive ketones (excluding diaryl/α,β-unsaturated/α-hetero) is 1. The summed E-state index contributed by atoms with van der Waals surface area (Å²) in [5.41, 5.74) is 2.54. The van der Waals surface area contributed by atoms with Gasteiger partial charge in [-0.25, -0.2) is 9.97 Å². The highest BCUT2D eigenvalue weighted by Crippen LogP contribution is 2.33. The number of rotatable bonds is 4. The molecule has 3 rings (SSSR count). The van der Waals surface area contributed by atoms with Gasteiger partial charge < -0.3 is 10.2 Å². The van der Waals surface area contributed by atoms with E-state index in [0.29, 0.717) is 5.82 Å². The first-order valence-corrected chi connectivity index (χ1v) is 6.65. The van der Waals surface area contributed by atoms with E-state index in [0.717, 1.165) is 18.8 Å². The molecule has 1 aromatic heterocycles. The summed E-state index contributed by atoms with van der Waals surface area (Å²) in [6.45, 7) is 2.75. The van der Waals surface area contributed by atoms with Gasteiger partial charge in [0.2, 0.25) is 0 Å². The first kappa shape index (κ1) is 12.6. The Labute approximate surface area is 117 Å². The Morgan fingerprint density at radius 3 is 3.05 bits per heavy atom. The molecule has 1 N–H and O–H groups in total. The van der Waals surface area contributed by atoms with Crippen LogP contribution in [0, 0.1) is 0 Å². The maximum atomic E-state index is 11.0. The first-order valence-electron chi connectivity index (χ1n) is 6.65. The van der Waals surface area contributed by atoms with Crippen molar-refractivity contribution < 1.29 is 4.79 Å². The van der Waals surface area contributed by atoms with Crippen LogP contribution in [0.4, 0.5) is 17.3 Å². The summed E-state index contributed by atoms with van der Waals surface area (Å²) in [6.07, 6.45) is 2.55. The summed E-state index contributed by atoms with van der Waals surface area (Å²) in [7, 11) is 0. The van der Waals surface area contributed by atoms with Crippen LogP contribution in [0.15, 0.2) is 36.7 Å². The van der Waals surface area contributed by atoms with E-state index in [4.69, 9.17) is 0 Å². The predicted molar refractivity (Wildman–Crippen MR) is 78.4 cm³/mol. The van der Waals surface area contributed by atoms with Crippen LogP contribution in [0.2, 0.25) is 0 Å². The molecule has 0 unspecified atom stereocenters. The fourth-order valence-corrected chi connectivity index (χ4v) is 2.38. The Morgan fingerprint density at radius 2 is 2.20 bits per heavy atom. The lowest BCUT2D eigenvalue weighted by Crippen LogP contribution is -2.16. The summed E-state index contributed by atoms with van der Waals surface area (Å²) >= 11 is 0. The van der Waals surface area contributed by atoms with Crippen molar-refractivity contribution in [2.75, 3.05) is 23.3 Å². The lowest BCUT2D eigenvalue weighted by Gasteiger charge is -2.18. The van der Waals surface area contributed by atoms with Gasteiger partial charge in [-0.1, -0.05) is 18.2 Å². The van der Waals surface area contributed by atoms with Crippen LogP contribution in [-0.2, 0) is 11.2 Å². The Kier molecular flexibility index (Phi) is 3.33. The molecule has 2 heterocycles. The molecule has 0 saturated carbocycles. The van der Waals surface area contributed by atoms with Crippen molar-refractivity contribution in [1.29, 1.82) is 0 Å². The number of carbonyl (C=O) groups excluding carboxylic acids is 1. The maximum Gasteiger partial charge on any atom is 0.148 e. The zero-order valence-electron chi connectivity index (χ0n) is 11.3. The van der Waals surface area contributed by atoms with Gasteiger partial charge in [-0.3, -0.25) is 4.79 Å². The highest BCUT2D eigenvalue weighted by atomic mass is 16.1. The van der Waals surface area contributed by atoms with Crippen molar-refractivity contribution in [3.8, 4) is 0 Å². The van der Waals surface area contributed by atoms with Gasteiger partial charge in [0, 0.05) is 18.3 Å². The van der Waals surface area contributed by atoms with Crippen LogP contribution in [0.25, 0.3) is 0 Å². The second kappa shape index (κ2) is 5.28. The van der Waals surface area contributed by atoms with Gasteiger partial charge in [-0.05, 0) is 25.0 Å². The van der Waals surface area contributed by atoms with Crippen molar-refractivity contribution in [3.63, 3.8) is 0 Å². The highest BCUT2D eigenvalue weighted by molar-refractivity contribution is 5.80. The van der Waals surface area contributed by atoms with Crippen molar-refractivity contribution in [2.45, 2.75) is 13.3 Å². The van der Waals surface area contributed by atoms with E-state index in [1.165, 1.54) is 17.6 Å². The highest BCUT2D eigenvalue weighted by Gasteiger charge is 2.20. The van der Waals surface area contributed by atoms with Crippen LogP contribution >= 0.6 is 0 Å². The molecule has 1 aliphatic heterocycles. The number of carbonyl (C=O) groups is 1. The van der Waals surface area contributed by atoms with Crippen molar-refractivity contribution in [1.82, 2.24) is 9.97 Å². The van der Waals surface area contributed by atoms with Crippen molar-refractivity contribution in [2.24, 2.45) is 0 Å². The second-order valence-corrected chi connectivity index (χ2v) is 4.85. The Hall–Kier alpha value is -2.43. The molecule has 0 bridgehead atoms. The lowest BCUT2D eigenvalue weighted by molar-refractivity contribution is -0.115. The monoisotopic (exact) mass is 268 g/mol. The maximum absolute atomic E-state index is 11.0. The molecule has 5 heteroatoms. The average molecular weight is 268 g/mol. The summed E-state index contributed by atoms with van der Waals surface area (Å²) in [4.78, 5) is 21.7. The second-order valence-electron chi connectivity index (χ2n) is 4.85. The number of benzene rings is 1. The molecule has 2 aromatic rings. The SMILES string of the molecule is CC(=O)CNc1cc(N2CCc3ccccc32)ncn1. The zero-order valence-corrected chi connectivity index (χ0v) is 11.3. The summed E-state index contributed by atoms with van der Waals surface area (Å²) in [6, 6.07) is 10.2. The predicted octanol–water partition coefficient (Wildman–Crippen LogP) is 2.17. The molecule has 0 spiro atoms. The topological polar surface area (TPSA) is 58.1 Å². The van der Waals surface area contributed by atoms with Crippen molar-refractivity contribution >= 4 is 23.1 Å². The minimum Gasteiger partial charge on any atom is -0.363 e. The molecule has 0 saturated heterocycles. The van der Waals surface area contributed by atoms with Gasteiger partial charge >= 0.3 is 0 Å². The molecule has 0 amide bonds. The molecular weight excluding hydrogens is 252 g/mol. The number of ketones is 1. The number of aromatic nitrogens is 2.